The lowest BCUT2D eigenvalue weighted by Crippen LogP contribution is -2.07. The second kappa shape index (κ2) is 5.27. The van der Waals surface area contributed by atoms with Gasteiger partial charge in [0.2, 0.25) is 11.7 Å². The van der Waals surface area contributed by atoms with Crippen LogP contribution in [0.25, 0.3) is 11.5 Å². The Morgan fingerprint density at radius 3 is 3.00 bits per heavy atom. The van der Waals surface area contributed by atoms with Gasteiger partial charge in [-0.2, -0.15) is 4.98 Å². The molecule has 0 bridgehead atoms. The molecule has 0 aliphatic heterocycles. The van der Waals surface area contributed by atoms with Crippen molar-refractivity contribution in [3.63, 3.8) is 0 Å². The second-order valence-electron chi connectivity index (χ2n) is 3.83. The maximum atomic E-state index is 11.6. The summed E-state index contributed by atoms with van der Waals surface area (Å²) in [7, 11) is 0. The molecule has 0 aromatic carbocycles. The third-order valence-corrected chi connectivity index (χ3v) is 2.92. The Morgan fingerprint density at radius 2 is 2.33 bits per heavy atom. The summed E-state index contributed by atoms with van der Waals surface area (Å²) in [6.07, 6.45) is 2.03. The van der Waals surface area contributed by atoms with Crippen molar-refractivity contribution < 1.29 is 9.32 Å². The number of hydrogen-bond acceptors (Lipinski definition) is 5. The molecule has 1 unspecified atom stereocenters. The van der Waals surface area contributed by atoms with Crippen LogP contribution in [0.1, 0.15) is 32.1 Å². The minimum Gasteiger partial charge on any atom is -0.338 e. The van der Waals surface area contributed by atoms with Crippen molar-refractivity contribution in [3.05, 3.63) is 29.2 Å². The van der Waals surface area contributed by atoms with Crippen LogP contribution in [0.3, 0.4) is 0 Å². The fraction of sp³-hybridized carbons (Fsp3) is 0.333. The van der Waals surface area contributed by atoms with E-state index in [1.54, 1.807) is 32.2 Å². The van der Waals surface area contributed by atoms with Crippen molar-refractivity contribution in [1.82, 2.24) is 15.1 Å². The van der Waals surface area contributed by atoms with Crippen LogP contribution in [0.4, 0.5) is 0 Å². The van der Waals surface area contributed by atoms with E-state index in [0.29, 0.717) is 28.9 Å². The molecule has 5 nitrogen and oxygen atoms in total. The number of ketones is 1. The van der Waals surface area contributed by atoms with Gasteiger partial charge in [0.25, 0.3) is 0 Å². The molecule has 0 radical (unpaired) electrons. The van der Waals surface area contributed by atoms with E-state index in [0.717, 1.165) is 0 Å². The molecule has 2 aromatic rings. The van der Waals surface area contributed by atoms with E-state index in [2.05, 4.69) is 15.1 Å². The lowest BCUT2D eigenvalue weighted by Gasteiger charge is -2.01. The molecule has 2 aromatic heterocycles. The van der Waals surface area contributed by atoms with Crippen LogP contribution in [-0.4, -0.2) is 20.9 Å². The number of halogens is 1. The topological polar surface area (TPSA) is 68.9 Å². The highest BCUT2D eigenvalue weighted by Gasteiger charge is 2.21. The van der Waals surface area contributed by atoms with Crippen LogP contribution >= 0.6 is 11.6 Å². The van der Waals surface area contributed by atoms with Crippen molar-refractivity contribution in [1.29, 1.82) is 0 Å². The Morgan fingerprint density at radius 1 is 1.56 bits per heavy atom. The number of carbonyl (C=O) groups is 1. The van der Waals surface area contributed by atoms with Gasteiger partial charge < -0.3 is 4.52 Å². The third kappa shape index (κ3) is 2.41. The molecule has 0 spiro atoms. The smallest absolute Gasteiger partial charge is 0.237 e. The molecule has 18 heavy (non-hydrogen) atoms. The molecule has 94 valence electrons. The summed E-state index contributed by atoms with van der Waals surface area (Å²) in [5.74, 6) is 0.237. The Kier molecular flexibility index (Phi) is 3.72. The second-order valence-corrected chi connectivity index (χ2v) is 4.24. The zero-order chi connectivity index (χ0) is 13.1. The van der Waals surface area contributed by atoms with Crippen molar-refractivity contribution >= 4 is 17.4 Å². The molecule has 0 fully saturated rings. The summed E-state index contributed by atoms with van der Waals surface area (Å²) >= 11 is 5.99. The maximum Gasteiger partial charge on any atom is 0.237 e. The number of aromatic nitrogens is 3. The first-order valence-electron chi connectivity index (χ1n) is 5.60. The summed E-state index contributed by atoms with van der Waals surface area (Å²) in [4.78, 5) is 19.8. The summed E-state index contributed by atoms with van der Waals surface area (Å²) < 4.78 is 5.08. The van der Waals surface area contributed by atoms with Crippen LogP contribution in [0.5, 0.6) is 0 Å². The van der Waals surface area contributed by atoms with Crippen LogP contribution in [0.2, 0.25) is 5.02 Å². The fourth-order valence-electron chi connectivity index (χ4n) is 1.50. The molecular formula is C12H12ClN3O2. The van der Waals surface area contributed by atoms with Gasteiger partial charge in [0.05, 0.1) is 10.9 Å². The van der Waals surface area contributed by atoms with Gasteiger partial charge in [-0.25, -0.2) is 0 Å². The number of rotatable bonds is 4. The van der Waals surface area contributed by atoms with Crippen LogP contribution in [0, 0.1) is 0 Å². The molecule has 0 amide bonds. The standard InChI is InChI=1S/C12H12ClN3O2/c1-3-9(17)7(2)12-15-11(16-18-12)10-8(13)5-4-6-14-10/h4-7H,3H2,1-2H3. The van der Waals surface area contributed by atoms with E-state index in [9.17, 15) is 4.79 Å². The van der Waals surface area contributed by atoms with E-state index < -0.39 is 5.92 Å². The van der Waals surface area contributed by atoms with Crippen molar-refractivity contribution in [2.75, 3.05) is 0 Å². The summed E-state index contributed by atoms with van der Waals surface area (Å²) in [6, 6.07) is 3.41. The summed E-state index contributed by atoms with van der Waals surface area (Å²) in [5.41, 5.74) is 0.449. The van der Waals surface area contributed by atoms with Crippen molar-refractivity contribution in [2.45, 2.75) is 26.2 Å². The minimum atomic E-state index is -0.404. The summed E-state index contributed by atoms with van der Waals surface area (Å²) in [6.45, 7) is 3.54. The molecular weight excluding hydrogens is 254 g/mol. The predicted octanol–water partition coefficient (Wildman–Crippen LogP) is 2.87. The molecule has 0 saturated heterocycles. The maximum absolute atomic E-state index is 11.6. The van der Waals surface area contributed by atoms with Crippen LogP contribution in [-0.2, 0) is 4.79 Å². The van der Waals surface area contributed by atoms with Gasteiger partial charge in [-0.05, 0) is 19.1 Å². The quantitative estimate of drug-likeness (QED) is 0.850. The van der Waals surface area contributed by atoms with E-state index in [1.807, 2.05) is 0 Å². The van der Waals surface area contributed by atoms with E-state index in [1.165, 1.54) is 0 Å². The van der Waals surface area contributed by atoms with Gasteiger partial charge in [-0.1, -0.05) is 23.7 Å². The van der Waals surface area contributed by atoms with E-state index in [4.69, 9.17) is 16.1 Å². The highest BCUT2D eigenvalue weighted by molar-refractivity contribution is 6.32. The minimum absolute atomic E-state index is 0.0531. The van der Waals surface area contributed by atoms with Gasteiger partial charge in [0.15, 0.2) is 0 Å². The number of nitrogens with zero attached hydrogens (tertiary/aromatic N) is 3. The lowest BCUT2D eigenvalue weighted by atomic mass is 10.1. The first-order valence-corrected chi connectivity index (χ1v) is 5.98. The van der Waals surface area contributed by atoms with Gasteiger partial charge in [0, 0.05) is 12.6 Å². The molecule has 0 N–H and O–H groups in total. The zero-order valence-electron chi connectivity index (χ0n) is 10.1. The SMILES string of the molecule is CCC(=O)C(C)c1nc(-c2ncccc2Cl)no1. The number of Topliss-reactive ketones (excluding diaryl/α,β-unsaturated/α-hetero) is 1. The average Bonchev–Trinajstić information content (AvgIpc) is 2.87. The Balaban J connectivity index is 2.31. The molecule has 0 aliphatic rings. The monoisotopic (exact) mass is 265 g/mol. The fourth-order valence-corrected chi connectivity index (χ4v) is 1.71. The highest BCUT2D eigenvalue weighted by atomic mass is 35.5. The van der Waals surface area contributed by atoms with E-state index >= 15 is 0 Å². The lowest BCUT2D eigenvalue weighted by molar-refractivity contribution is -0.120. The Bertz CT molecular complexity index is 568. The van der Waals surface area contributed by atoms with E-state index in [-0.39, 0.29) is 5.78 Å². The number of pyridine rings is 1. The largest absolute Gasteiger partial charge is 0.338 e. The van der Waals surface area contributed by atoms with Crippen molar-refractivity contribution in [2.24, 2.45) is 0 Å². The molecule has 2 rings (SSSR count). The highest BCUT2D eigenvalue weighted by Crippen LogP contribution is 2.24. The molecule has 6 heteroatoms. The van der Waals surface area contributed by atoms with Gasteiger partial charge in [-0.3, -0.25) is 9.78 Å². The zero-order valence-corrected chi connectivity index (χ0v) is 10.8. The first kappa shape index (κ1) is 12.7. The van der Waals surface area contributed by atoms with Crippen molar-refractivity contribution in [3.8, 4) is 11.5 Å². The Labute approximate surface area is 109 Å². The number of hydrogen-bond donors (Lipinski definition) is 0. The molecule has 2 heterocycles. The van der Waals surface area contributed by atoms with Gasteiger partial charge in [0.1, 0.15) is 11.5 Å². The third-order valence-electron chi connectivity index (χ3n) is 2.61. The summed E-state index contributed by atoms with van der Waals surface area (Å²) in [5, 5.41) is 4.24. The first-order chi connectivity index (χ1) is 8.63. The van der Waals surface area contributed by atoms with Gasteiger partial charge >= 0.3 is 0 Å². The molecule has 1 atom stereocenters. The molecule has 0 aliphatic carbocycles. The number of carbonyl (C=O) groups excluding carboxylic acids is 1. The normalized spacial score (nSPS) is 12.4. The molecule has 0 saturated carbocycles. The average molecular weight is 266 g/mol. The van der Waals surface area contributed by atoms with Crippen LogP contribution < -0.4 is 0 Å². The van der Waals surface area contributed by atoms with Crippen LogP contribution in [0.15, 0.2) is 22.9 Å². The van der Waals surface area contributed by atoms with Gasteiger partial charge in [-0.15, -0.1) is 0 Å². The Hall–Kier alpha value is -1.75. The predicted molar refractivity (Wildman–Crippen MR) is 66.3 cm³/mol.